The highest BCUT2D eigenvalue weighted by Gasteiger charge is 2.13. The molecule has 0 saturated heterocycles. The van der Waals surface area contributed by atoms with Crippen LogP contribution in [0.2, 0.25) is 0 Å². The quantitative estimate of drug-likeness (QED) is 0.231. The number of H-pyrrole nitrogens is 1. The number of aromatic nitrogens is 3. The summed E-state index contributed by atoms with van der Waals surface area (Å²) in [5.41, 5.74) is 5.61. The van der Waals surface area contributed by atoms with Crippen molar-refractivity contribution in [3.05, 3.63) is 96.5 Å². The van der Waals surface area contributed by atoms with E-state index in [1.165, 1.54) is 11.8 Å². The number of nitrogens with zero attached hydrogens (tertiary/aromatic N) is 2. The average molecular weight is 429 g/mol. The number of hydroxylamine groups is 1. The van der Waals surface area contributed by atoms with Gasteiger partial charge < -0.3 is 0 Å². The first-order chi connectivity index (χ1) is 15.2. The van der Waals surface area contributed by atoms with Gasteiger partial charge in [0.2, 0.25) is 0 Å². The Labute approximate surface area is 184 Å². The van der Waals surface area contributed by atoms with E-state index >= 15 is 0 Å². The lowest BCUT2D eigenvalue weighted by molar-refractivity contribution is 0.0419. The molecule has 4 rings (SSSR count). The van der Waals surface area contributed by atoms with Crippen molar-refractivity contribution >= 4 is 40.7 Å². The van der Waals surface area contributed by atoms with Gasteiger partial charge in [0.25, 0.3) is 5.91 Å². The van der Waals surface area contributed by atoms with E-state index in [9.17, 15) is 4.79 Å². The van der Waals surface area contributed by atoms with Gasteiger partial charge >= 0.3 is 0 Å². The number of pyridine rings is 1. The van der Waals surface area contributed by atoms with Crippen LogP contribution in [0.15, 0.2) is 89.3 Å². The fourth-order valence-corrected chi connectivity index (χ4v) is 3.92. The minimum atomic E-state index is -0.297. The van der Waals surface area contributed by atoms with Crippen molar-refractivity contribution in [1.82, 2.24) is 20.7 Å². The molecule has 0 fully saturated rings. The molecule has 0 bridgehead atoms. The van der Waals surface area contributed by atoms with Gasteiger partial charge in [0.05, 0.1) is 29.1 Å². The molecule has 154 valence electrons. The van der Waals surface area contributed by atoms with E-state index < -0.39 is 0 Å². The summed E-state index contributed by atoms with van der Waals surface area (Å²) in [4.78, 5) is 23.6. The first kappa shape index (κ1) is 20.6. The molecule has 0 unspecified atom stereocenters. The normalized spacial score (nSPS) is 11.1. The Bertz CT molecular complexity index is 1230. The number of hydrogen-bond acceptors (Lipinski definition) is 5. The molecule has 0 radical (unpaired) electrons. The van der Waals surface area contributed by atoms with Gasteiger partial charge in [0.15, 0.2) is 0 Å². The Morgan fingerprint density at radius 3 is 2.84 bits per heavy atom. The Kier molecular flexibility index (Phi) is 6.56. The molecule has 2 heterocycles. The lowest BCUT2D eigenvalue weighted by Crippen LogP contribution is -2.24. The molecule has 6 nitrogen and oxygen atoms in total. The smallest absolute Gasteiger partial charge is 0.275 e. The fourth-order valence-electron chi connectivity index (χ4n) is 2.94. The van der Waals surface area contributed by atoms with Gasteiger partial charge in [-0.3, -0.25) is 19.7 Å². The molecular formula is C24H20N4O2S. The van der Waals surface area contributed by atoms with Crippen LogP contribution in [0.3, 0.4) is 0 Å². The molecule has 2 aromatic carbocycles. The van der Waals surface area contributed by atoms with Crippen LogP contribution in [-0.2, 0) is 4.84 Å². The zero-order valence-electron chi connectivity index (χ0n) is 16.6. The first-order valence-electron chi connectivity index (χ1n) is 9.62. The maximum Gasteiger partial charge on any atom is 0.275 e. The Morgan fingerprint density at radius 1 is 1.13 bits per heavy atom. The number of hydrogen-bond donors (Lipinski definition) is 2. The number of nitrogens with one attached hydrogen (secondary N) is 2. The van der Waals surface area contributed by atoms with E-state index in [-0.39, 0.29) is 12.5 Å². The molecule has 4 aromatic rings. The number of aromatic amines is 1. The van der Waals surface area contributed by atoms with Crippen LogP contribution < -0.4 is 5.48 Å². The first-order valence-corrected chi connectivity index (χ1v) is 10.4. The summed E-state index contributed by atoms with van der Waals surface area (Å²) >= 11 is 1.50. The van der Waals surface area contributed by atoms with E-state index in [1.807, 2.05) is 66.7 Å². The van der Waals surface area contributed by atoms with E-state index in [1.54, 1.807) is 18.3 Å². The predicted molar refractivity (Wildman–Crippen MR) is 123 cm³/mol. The molecule has 0 saturated carbocycles. The standard InChI is InChI=1S/C24H20N4O2S/c1-2-15-30-28-24(29)20-8-3-4-9-23(20)31-18-11-12-19-21(26-27-22(19)16-18)13-10-17-7-5-6-14-25-17/h2-14,16H,1,15H2,(H,26,27)(H,28,29)/b13-10+. The van der Waals surface area contributed by atoms with Gasteiger partial charge in [0.1, 0.15) is 0 Å². The van der Waals surface area contributed by atoms with Crippen molar-refractivity contribution in [3.63, 3.8) is 0 Å². The molecule has 1 amide bonds. The molecule has 7 heteroatoms. The minimum Gasteiger partial charge on any atom is -0.277 e. The third-order valence-corrected chi connectivity index (χ3v) is 5.45. The van der Waals surface area contributed by atoms with Gasteiger partial charge in [-0.1, -0.05) is 36.0 Å². The minimum absolute atomic E-state index is 0.245. The third-order valence-electron chi connectivity index (χ3n) is 4.39. The van der Waals surface area contributed by atoms with E-state index in [0.29, 0.717) is 5.56 Å². The molecule has 0 aliphatic rings. The summed E-state index contributed by atoms with van der Waals surface area (Å²) in [7, 11) is 0. The maximum absolute atomic E-state index is 12.4. The van der Waals surface area contributed by atoms with Crippen LogP contribution in [0.1, 0.15) is 21.7 Å². The third kappa shape index (κ3) is 5.09. The molecular weight excluding hydrogens is 408 g/mol. The number of benzene rings is 2. The Morgan fingerprint density at radius 2 is 2.00 bits per heavy atom. The fraction of sp³-hybridized carbons (Fsp3) is 0.0417. The molecule has 0 aliphatic heterocycles. The number of rotatable bonds is 8. The second-order valence-corrected chi connectivity index (χ2v) is 7.65. The Balaban J connectivity index is 1.53. The summed E-state index contributed by atoms with van der Waals surface area (Å²) < 4.78 is 0. The second-order valence-electron chi connectivity index (χ2n) is 6.53. The van der Waals surface area contributed by atoms with Gasteiger partial charge in [0, 0.05) is 21.4 Å². The molecule has 0 spiro atoms. The highest BCUT2D eigenvalue weighted by molar-refractivity contribution is 7.99. The van der Waals surface area contributed by atoms with Gasteiger partial charge in [-0.15, -0.1) is 6.58 Å². The van der Waals surface area contributed by atoms with Crippen LogP contribution in [0.4, 0.5) is 0 Å². The van der Waals surface area contributed by atoms with Gasteiger partial charge in [-0.25, -0.2) is 5.48 Å². The average Bonchev–Trinajstić information content (AvgIpc) is 3.21. The lowest BCUT2D eigenvalue weighted by Gasteiger charge is -2.09. The van der Waals surface area contributed by atoms with E-state index in [4.69, 9.17) is 4.84 Å². The zero-order valence-corrected chi connectivity index (χ0v) is 17.4. The van der Waals surface area contributed by atoms with Crippen molar-refractivity contribution in [2.24, 2.45) is 0 Å². The Hall–Kier alpha value is -3.68. The zero-order chi connectivity index (χ0) is 21.5. The van der Waals surface area contributed by atoms with Crippen LogP contribution in [0.5, 0.6) is 0 Å². The molecule has 0 atom stereocenters. The van der Waals surface area contributed by atoms with Crippen LogP contribution in [0.25, 0.3) is 23.1 Å². The highest BCUT2D eigenvalue weighted by atomic mass is 32.2. The monoisotopic (exact) mass is 428 g/mol. The van der Waals surface area contributed by atoms with Crippen molar-refractivity contribution in [2.75, 3.05) is 6.61 Å². The lowest BCUT2D eigenvalue weighted by atomic mass is 10.2. The van der Waals surface area contributed by atoms with Crippen molar-refractivity contribution in [3.8, 4) is 0 Å². The number of fused-ring (bicyclic) bond motifs is 1. The predicted octanol–water partition coefficient (Wildman–Crippen LogP) is 5.13. The van der Waals surface area contributed by atoms with E-state index in [0.717, 1.165) is 32.1 Å². The second kappa shape index (κ2) is 9.88. The molecule has 31 heavy (non-hydrogen) atoms. The summed E-state index contributed by atoms with van der Waals surface area (Å²) in [6.07, 6.45) is 7.20. The maximum atomic E-state index is 12.4. The molecule has 2 aromatic heterocycles. The largest absolute Gasteiger partial charge is 0.277 e. The van der Waals surface area contributed by atoms with Crippen molar-refractivity contribution in [1.29, 1.82) is 0 Å². The number of carbonyl (C=O) groups is 1. The summed E-state index contributed by atoms with van der Waals surface area (Å²) in [6.45, 7) is 3.81. The number of carbonyl (C=O) groups excluding carboxylic acids is 1. The van der Waals surface area contributed by atoms with Crippen LogP contribution in [0, 0.1) is 0 Å². The molecule has 2 N–H and O–H groups in total. The van der Waals surface area contributed by atoms with Gasteiger partial charge in [-0.2, -0.15) is 5.10 Å². The SMILES string of the molecule is C=CCONC(=O)c1ccccc1Sc1ccc2c(/C=C/c3ccccn3)n[nH]c2c1. The van der Waals surface area contributed by atoms with Crippen molar-refractivity contribution in [2.45, 2.75) is 9.79 Å². The van der Waals surface area contributed by atoms with Crippen LogP contribution >= 0.6 is 11.8 Å². The molecule has 0 aliphatic carbocycles. The summed E-state index contributed by atoms with van der Waals surface area (Å²) in [5, 5.41) is 8.50. The van der Waals surface area contributed by atoms with E-state index in [2.05, 4.69) is 27.2 Å². The summed E-state index contributed by atoms with van der Waals surface area (Å²) in [5.74, 6) is -0.297. The highest BCUT2D eigenvalue weighted by Crippen LogP contribution is 2.32. The summed E-state index contributed by atoms with van der Waals surface area (Å²) in [6, 6.07) is 19.2. The topological polar surface area (TPSA) is 79.9 Å². The van der Waals surface area contributed by atoms with Gasteiger partial charge in [-0.05, 0) is 54.6 Å². The van der Waals surface area contributed by atoms with Crippen LogP contribution in [-0.4, -0.2) is 27.7 Å². The van der Waals surface area contributed by atoms with Crippen molar-refractivity contribution < 1.29 is 9.63 Å². The number of amides is 1.